The third-order valence-electron chi connectivity index (χ3n) is 3.14. The molecular weight excluding hydrogens is 447 g/mol. The van der Waals surface area contributed by atoms with Crippen LogP contribution in [0.1, 0.15) is 41.4 Å². The van der Waals surface area contributed by atoms with E-state index in [0.29, 0.717) is 0 Å². The van der Waals surface area contributed by atoms with Crippen LogP contribution in [0.4, 0.5) is 0 Å². The fourth-order valence-corrected chi connectivity index (χ4v) is 2.06. The molecule has 0 aliphatic rings. The third-order valence-corrected chi connectivity index (χ3v) is 3.14. The Morgan fingerprint density at radius 1 is 0.462 bits per heavy atom. The van der Waals surface area contributed by atoms with Gasteiger partial charge in [-0.05, 0) is 69.8 Å². The summed E-state index contributed by atoms with van der Waals surface area (Å²) in [4.78, 5) is 43.9. The maximum Gasteiger partial charge on any atom is 2.00 e. The molecule has 0 aliphatic carbocycles. The van der Waals surface area contributed by atoms with E-state index < -0.39 is 46.1 Å². The second-order valence-corrected chi connectivity index (χ2v) is 4.75. The molecule has 26 heavy (non-hydrogen) atoms. The van der Waals surface area contributed by atoms with E-state index in [4.69, 9.17) is 0 Å². The van der Waals surface area contributed by atoms with Crippen molar-refractivity contribution in [3.8, 4) is 11.1 Å². The summed E-state index contributed by atoms with van der Waals surface area (Å²) in [5, 5.41) is 43.9. The molecule has 2 aromatic rings. The average molecular weight is 453 g/mol. The summed E-state index contributed by atoms with van der Waals surface area (Å²) < 4.78 is 0. The van der Waals surface area contributed by atoms with E-state index in [-0.39, 0.29) is 45.3 Å². The van der Waals surface area contributed by atoms with E-state index >= 15 is 0 Å². The molecule has 0 atom stereocenters. The first-order valence-electron chi connectivity index (χ1n) is 6.35. The van der Waals surface area contributed by atoms with E-state index in [1.807, 2.05) is 0 Å². The summed E-state index contributed by atoms with van der Waals surface area (Å²) in [6.45, 7) is 0. The van der Waals surface area contributed by atoms with Gasteiger partial charge in [0.15, 0.2) is 0 Å². The molecule has 10 heteroatoms. The molecule has 140 valence electrons. The van der Waals surface area contributed by atoms with E-state index in [9.17, 15) is 39.6 Å². The summed E-state index contributed by atoms with van der Waals surface area (Å²) in [6, 6.07) is 5.64. The normalized spacial score (nSPS) is 9.38. The quantitative estimate of drug-likeness (QED) is 0.428. The molecule has 2 aromatic carbocycles. The average Bonchev–Trinajstić information content (AvgIpc) is 2.53. The number of carbonyl (C=O) groups excluding carboxylic acids is 4. The van der Waals surface area contributed by atoms with Crippen molar-refractivity contribution < 1.29 is 73.7 Å². The first-order valence-corrected chi connectivity index (χ1v) is 6.35. The molecule has 8 nitrogen and oxygen atoms in total. The largest absolute Gasteiger partial charge is 2.00 e. The molecule has 0 spiro atoms. The van der Waals surface area contributed by atoms with Crippen LogP contribution in [-0.4, -0.2) is 23.9 Å². The zero-order valence-corrected chi connectivity index (χ0v) is 14.2. The van der Waals surface area contributed by atoms with Crippen molar-refractivity contribution in [1.29, 1.82) is 0 Å². The van der Waals surface area contributed by atoms with Crippen LogP contribution in [0.25, 0.3) is 11.1 Å². The second kappa shape index (κ2) is 9.17. The molecule has 0 unspecified atom stereocenters. The number of rotatable bonds is 5. The molecule has 0 saturated heterocycles. The zero-order chi connectivity index (χ0) is 18.0. The smallest absolute Gasteiger partial charge is 0.545 e. The van der Waals surface area contributed by atoms with Gasteiger partial charge in [0.25, 0.3) is 0 Å². The van der Waals surface area contributed by atoms with Gasteiger partial charge in [-0.25, -0.2) is 0 Å². The molecule has 0 saturated carbocycles. The third kappa shape index (κ3) is 5.18. The Morgan fingerprint density at radius 2 is 0.654 bits per heavy atom. The van der Waals surface area contributed by atoms with Crippen LogP contribution in [0.2, 0.25) is 0 Å². The van der Waals surface area contributed by atoms with Crippen LogP contribution in [0.5, 0.6) is 0 Å². The summed E-state index contributed by atoms with van der Waals surface area (Å²) in [5.74, 6) is -6.68. The minimum atomic E-state index is -1.67. The number of carbonyl (C=O) groups is 4. The standard InChI is InChI=1S/C16H10O8.2Cu/c17-13(18)9-1-7(2-10(5-9)14(19)20)8-3-11(15(21)22)6-12(4-8)16(23)24;;/h1-6H,(H,17,18)(H,19,20)(H,21,22)(H,23,24);;/q;2*+2/p-4. The Labute approximate surface area is 167 Å². The Bertz CT molecular complexity index is 754. The van der Waals surface area contributed by atoms with E-state index in [1.165, 1.54) is 0 Å². The predicted octanol–water partition coefficient (Wildman–Crippen LogP) is -3.20. The molecule has 2 radical (unpaired) electrons. The van der Waals surface area contributed by atoms with E-state index in [1.54, 1.807) is 0 Å². The van der Waals surface area contributed by atoms with Crippen molar-refractivity contribution in [3.05, 3.63) is 58.7 Å². The predicted molar refractivity (Wildman–Crippen MR) is 69.2 cm³/mol. The van der Waals surface area contributed by atoms with Crippen molar-refractivity contribution in [2.75, 3.05) is 0 Å². The number of carboxylic acid groups (broad SMARTS) is 4. The molecule has 0 aliphatic heterocycles. The molecule has 0 N–H and O–H groups in total. The van der Waals surface area contributed by atoms with Crippen molar-refractivity contribution in [2.24, 2.45) is 0 Å². The van der Waals surface area contributed by atoms with E-state index in [2.05, 4.69) is 0 Å². The van der Waals surface area contributed by atoms with Crippen LogP contribution in [-0.2, 0) is 34.1 Å². The fourth-order valence-electron chi connectivity index (χ4n) is 2.06. The Morgan fingerprint density at radius 3 is 0.808 bits per heavy atom. The summed E-state index contributed by atoms with van der Waals surface area (Å²) in [7, 11) is 0. The second-order valence-electron chi connectivity index (χ2n) is 4.75. The van der Waals surface area contributed by atoms with Gasteiger partial charge >= 0.3 is 34.1 Å². The maximum absolute atomic E-state index is 11.0. The molecule has 0 fully saturated rings. The number of aromatic carboxylic acids is 4. The minimum Gasteiger partial charge on any atom is -0.545 e. The fraction of sp³-hybridized carbons (Fsp3) is 0. The minimum absolute atomic E-state index is 0. The molecule has 0 aromatic heterocycles. The summed E-state index contributed by atoms with van der Waals surface area (Å²) in [6.07, 6.45) is 0. The molecule has 0 heterocycles. The number of benzene rings is 2. The molecule has 0 bridgehead atoms. The van der Waals surface area contributed by atoms with Gasteiger partial charge in [0.05, 0.1) is 23.9 Å². The molecule has 2 rings (SSSR count). The van der Waals surface area contributed by atoms with Gasteiger partial charge < -0.3 is 39.6 Å². The van der Waals surface area contributed by atoms with Crippen LogP contribution in [0, 0.1) is 0 Å². The van der Waals surface area contributed by atoms with Gasteiger partial charge in [-0.2, -0.15) is 0 Å². The molecule has 0 amide bonds. The maximum atomic E-state index is 11.0. The van der Waals surface area contributed by atoms with E-state index in [0.717, 1.165) is 36.4 Å². The number of carboxylic acids is 4. The number of hydrogen-bond acceptors (Lipinski definition) is 8. The summed E-state index contributed by atoms with van der Waals surface area (Å²) in [5.41, 5.74) is -2.11. The van der Waals surface area contributed by atoms with Gasteiger partial charge in [0.1, 0.15) is 0 Å². The molecular formula is C16H6Cu2O8. The van der Waals surface area contributed by atoms with Crippen LogP contribution >= 0.6 is 0 Å². The van der Waals surface area contributed by atoms with Gasteiger partial charge in [-0.15, -0.1) is 0 Å². The van der Waals surface area contributed by atoms with Crippen LogP contribution in [0.15, 0.2) is 36.4 Å². The van der Waals surface area contributed by atoms with Gasteiger partial charge in [-0.3, -0.25) is 0 Å². The van der Waals surface area contributed by atoms with Crippen molar-refractivity contribution in [3.63, 3.8) is 0 Å². The van der Waals surface area contributed by atoms with Gasteiger partial charge in [0, 0.05) is 0 Å². The topological polar surface area (TPSA) is 161 Å². The first-order chi connectivity index (χ1) is 11.2. The summed E-state index contributed by atoms with van der Waals surface area (Å²) >= 11 is 0. The first kappa shape index (κ1) is 23.4. The van der Waals surface area contributed by atoms with Crippen molar-refractivity contribution >= 4 is 23.9 Å². The van der Waals surface area contributed by atoms with Crippen LogP contribution < -0.4 is 20.4 Å². The SMILES string of the molecule is O=C([O-])c1cc(C(=O)[O-])cc(-c2cc(C(=O)[O-])cc(C(=O)[O-])c2)c1.[Cu+2].[Cu+2]. The Kier molecular flexibility index (Phi) is 8.24. The van der Waals surface area contributed by atoms with Crippen LogP contribution in [0.3, 0.4) is 0 Å². The Hall–Kier alpha value is -2.64. The van der Waals surface area contributed by atoms with Gasteiger partial charge in [0.2, 0.25) is 0 Å². The van der Waals surface area contributed by atoms with Crippen molar-refractivity contribution in [1.82, 2.24) is 0 Å². The number of hydrogen-bond donors (Lipinski definition) is 0. The zero-order valence-electron chi connectivity index (χ0n) is 12.3. The monoisotopic (exact) mass is 452 g/mol. The van der Waals surface area contributed by atoms with Gasteiger partial charge in [-0.1, -0.05) is 0 Å². The van der Waals surface area contributed by atoms with Crippen molar-refractivity contribution in [2.45, 2.75) is 0 Å². The Balaban J connectivity index is 0.00000312.